The summed E-state index contributed by atoms with van der Waals surface area (Å²) >= 11 is 0. The first-order valence-corrected chi connectivity index (χ1v) is 12.7. The van der Waals surface area contributed by atoms with E-state index in [9.17, 15) is 27.6 Å². The second-order valence-electron chi connectivity index (χ2n) is 8.22. The van der Waals surface area contributed by atoms with E-state index in [1.54, 1.807) is 29.9 Å². The number of amides is 3. The van der Waals surface area contributed by atoms with Gasteiger partial charge in [0.1, 0.15) is 15.9 Å². The molecule has 0 radical (unpaired) electrons. The molecule has 0 bridgehead atoms. The zero-order chi connectivity index (χ0) is 25.3. The van der Waals surface area contributed by atoms with Crippen molar-refractivity contribution in [2.45, 2.75) is 12.5 Å². The summed E-state index contributed by atoms with van der Waals surface area (Å²) in [4.78, 5) is 56.4. The molecule has 1 aliphatic rings. The van der Waals surface area contributed by atoms with E-state index in [1.165, 1.54) is 42.6 Å². The van der Waals surface area contributed by atoms with E-state index in [1.807, 2.05) is 0 Å². The minimum absolute atomic E-state index is 0.159. The van der Waals surface area contributed by atoms with Crippen molar-refractivity contribution in [1.29, 1.82) is 0 Å². The molecule has 0 saturated heterocycles. The zero-order valence-corrected chi connectivity index (χ0v) is 19.8. The normalized spacial score (nSPS) is 14.1. The molecule has 11 heteroatoms. The molecule has 0 spiro atoms. The lowest BCUT2D eigenvalue weighted by Gasteiger charge is -2.25. The van der Waals surface area contributed by atoms with Crippen LogP contribution in [-0.4, -0.2) is 64.4 Å². The van der Waals surface area contributed by atoms with Crippen LogP contribution in [0.2, 0.25) is 0 Å². The SMILES string of the molecule is Cn1ccnc1C(=O)c1ccc(NC(=O)[C@@H](CCS(C)(=O)=O)N2C(=O)c3ccccc3C2=O)cc1. The van der Waals surface area contributed by atoms with Gasteiger partial charge in [0.25, 0.3) is 11.8 Å². The van der Waals surface area contributed by atoms with Gasteiger partial charge in [0.15, 0.2) is 5.82 Å². The molecule has 0 fully saturated rings. The van der Waals surface area contributed by atoms with Crippen LogP contribution in [0.15, 0.2) is 60.9 Å². The molecule has 3 amide bonds. The van der Waals surface area contributed by atoms with Gasteiger partial charge in [0.05, 0.1) is 16.9 Å². The molecule has 4 rings (SSSR count). The Bertz CT molecular complexity index is 1410. The summed E-state index contributed by atoms with van der Waals surface area (Å²) in [6, 6.07) is 10.9. The van der Waals surface area contributed by atoms with Gasteiger partial charge in [-0.2, -0.15) is 0 Å². The first-order valence-electron chi connectivity index (χ1n) is 10.6. The maximum absolute atomic E-state index is 13.2. The summed E-state index contributed by atoms with van der Waals surface area (Å²) in [7, 11) is -1.77. The van der Waals surface area contributed by atoms with Crippen molar-refractivity contribution in [3.05, 3.63) is 83.4 Å². The van der Waals surface area contributed by atoms with Crippen molar-refractivity contribution >= 4 is 39.0 Å². The zero-order valence-electron chi connectivity index (χ0n) is 19.0. The van der Waals surface area contributed by atoms with Gasteiger partial charge in [-0.25, -0.2) is 13.4 Å². The molecule has 2 aromatic carbocycles. The molecular weight excluding hydrogens is 472 g/mol. The van der Waals surface area contributed by atoms with E-state index in [-0.39, 0.29) is 29.2 Å². The van der Waals surface area contributed by atoms with Gasteiger partial charge in [-0.05, 0) is 42.8 Å². The Hall–Kier alpha value is -4.12. The van der Waals surface area contributed by atoms with E-state index >= 15 is 0 Å². The van der Waals surface area contributed by atoms with Crippen molar-refractivity contribution in [2.24, 2.45) is 7.05 Å². The topological polar surface area (TPSA) is 136 Å². The highest BCUT2D eigenvalue weighted by Gasteiger charge is 2.42. The molecule has 3 aromatic rings. The minimum Gasteiger partial charge on any atom is -0.331 e. The summed E-state index contributed by atoms with van der Waals surface area (Å²) in [6.07, 6.45) is 3.92. The number of benzene rings is 2. The van der Waals surface area contributed by atoms with Crippen molar-refractivity contribution in [2.75, 3.05) is 17.3 Å². The van der Waals surface area contributed by atoms with E-state index in [2.05, 4.69) is 10.3 Å². The number of carbonyl (C=O) groups is 4. The van der Waals surface area contributed by atoms with Crippen molar-refractivity contribution in [3.8, 4) is 0 Å². The van der Waals surface area contributed by atoms with Gasteiger partial charge < -0.3 is 9.88 Å². The molecule has 2 heterocycles. The van der Waals surface area contributed by atoms with E-state index in [0.29, 0.717) is 11.3 Å². The third kappa shape index (κ3) is 4.90. The number of nitrogens with one attached hydrogen (secondary N) is 1. The number of fused-ring (bicyclic) bond motifs is 1. The van der Waals surface area contributed by atoms with Crippen LogP contribution in [0.5, 0.6) is 0 Å². The Morgan fingerprint density at radius 2 is 1.60 bits per heavy atom. The largest absolute Gasteiger partial charge is 0.331 e. The number of ketones is 1. The highest BCUT2D eigenvalue weighted by Crippen LogP contribution is 2.26. The number of aromatic nitrogens is 2. The van der Waals surface area contributed by atoms with Gasteiger partial charge in [-0.3, -0.25) is 24.1 Å². The molecular formula is C24H22N4O6S. The van der Waals surface area contributed by atoms with Crippen LogP contribution >= 0.6 is 0 Å². The standard InChI is InChI=1S/C24H22N4O6S/c1-27-13-12-25-21(27)20(29)15-7-9-16(10-8-15)26-22(30)19(11-14-35(2,33)34)28-23(31)17-5-3-4-6-18(17)24(28)32/h3-10,12-13,19H,11,14H2,1-2H3,(H,26,30)/t19-/m1/s1. The maximum atomic E-state index is 13.2. The number of hydrogen-bond acceptors (Lipinski definition) is 7. The first-order chi connectivity index (χ1) is 16.6. The third-order valence-corrected chi connectivity index (χ3v) is 6.62. The summed E-state index contributed by atoms with van der Waals surface area (Å²) < 4.78 is 25.1. The van der Waals surface area contributed by atoms with Crippen LogP contribution < -0.4 is 5.32 Å². The van der Waals surface area contributed by atoms with Crippen molar-refractivity contribution in [1.82, 2.24) is 14.5 Å². The Kier molecular flexibility index (Phi) is 6.35. The lowest BCUT2D eigenvalue weighted by atomic mass is 10.1. The highest BCUT2D eigenvalue weighted by atomic mass is 32.2. The summed E-state index contributed by atoms with van der Waals surface area (Å²) in [5, 5.41) is 2.62. The summed E-state index contributed by atoms with van der Waals surface area (Å²) in [5.74, 6) is -2.46. The number of carbonyl (C=O) groups excluding carboxylic acids is 4. The second kappa shape index (κ2) is 9.26. The fourth-order valence-corrected chi connectivity index (χ4v) is 4.49. The predicted molar refractivity (Wildman–Crippen MR) is 127 cm³/mol. The Morgan fingerprint density at radius 3 is 2.11 bits per heavy atom. The molecule has 1 aromatic heterocycles. The van der Waals surface area contributed by atoms with E-state index < -0.39 is 39.4 Å². The number of rotatable bonds is 8. The summed E-state index contributed by atoms with van der Waals surface area (Å²) in [6.45, 7) is 0. The predicted octanol–water partition coefficient (Wildman–Crippen LogP) is 1.69. The van der Waals surface area contributed by atoms with Crippen LogP contribution in [0.4, 0.5) is 5.69 Å². The lowest BCUT2D eigenvalue weighted by Crippen LogP contribution is -2.48. The average molecular weight is 495 g/mol. The Balaban J connectivity index is 1.56. The third-order valence-electron chi connectivity index (χ3n) is 5.64. The summed E-state index contributed by atoms with van der Waals surface area (Å²) in [5.41, 5.74) is 0.984. The maximum Gasteiger partial charge on any atom is 0.262 e. The number of sulfone groups is 1. The smallest absolute Gasteiger partial charge is 0.262 e. The van der Waals surface area contributed by atoms with Crippen molar-refractivity contribution < 1.29 is 27.6 Å². The number of imide groups is 1. The van der Waals surface area contributed by atoms with Gasteiger partial charge in [-0.15, -0.1) is 0 Å². The number of aryl methyl sites for hydroxylation is 1. The molecule has 10 nitrogen and oxygen atoms in total. The number of nitrogens with zero attached hydrogens (tertiary/aromatic N) is 3. The van der Waals surface area contributed by atoms with Crippen molar-refractivity contribution in [3.63, 3.8) is 0 Å². The fraction of sp³-hybridized carbons (Fsp3) is 0.208. The van der Waals surface area contributed by atoms with Gasteiger partial charge in [0, 0.05) is 36.9 Å². The molecule has 35 heavy (non-hydrogen) atoms. The van der Waals surface area contributed by atoms with Crippen LogP contribution in [0.1, 0.15) is 43.3 Å². The quantitative estimate of drug-likeness (QED) is 0.372. The number of imidazole rings is 1. The van der Waals surface area contributed by atoms with Gasteiger partial charge in [-0.1, -0.05) is 12.1 Å². The highest BCUT2D eigenvalue weighted by molar-refractivity contribution is 7.90. The first kappa shape index (κ1) is 24.0. The van der Waals surface area contributed by atoms with E-state index in [0.717, 1.165) is 11.2 Å². The fourth-order valence-electron chi connectivity index (χ4n) is 3.84. The van der Waals surface area contributed by atoms with E-state index in [4.69, 9.17) is 0 Å². The van der Waals surface area contributed by atoms with Crippen LogP contribution in [-0.2, 0) is 21.7 Å². The minimum atomic E-state index is -3.47. The molecule has 0 saturated carbocycles. The number of hydrogen-bond donors (Lipinski definition) is 1. The van der Waals surface area contributed by atoms with Crippen LogP contribution in [0.3, 0.4) is 0 Å². The molecule has 1 atom stereocenters. The molecule has 1 N–H and O–H groups in total. The molecule has 0 aliphatic carbocycles. The Labute approximate surface area is 201 Å². The molecule has 0 unspecified atom stereocenters. The monoisotopic (exact) mass is 494 g/mol. The molecule has 1 aliphatic heterocycles. The van der Waals surface area contributed by atoms with Gasteiger partial charge >= 0.3 is 0 Å². The van der Waals surface area contributed by atoms with Crippen LogP contribution in [0.25, 0.3) is 0 Å². The van der Waals surface area contributed by atoms with Crippen LogP contribution in [0, 0.1) is 0 Å². The number of anilines is 1. The van der Waals surface area contributed by atoms with Gasteiger partial charge in [0.2, 0.25) is 11.7 Å². The lowest BCUT2D eigenvalue weighted by molar-refractivity contribution is -0.120. The molecule has 180 valence electrons. The Morgan fingerprint density at radius 1 is 1.00 bits per heavy atom. The average Bonchev–Trinajstić information content (AvgIpc) is 3.35. The second-order valence-corrected chi connectivity index (χ2v) is 10.5.